The number of carbonyl (C=O) groups is 1. The molecule has 2 aliphatic rings. The average molecular weight is 582 g/mol. The van der Waals surface area contributed by atoms with Crippen molar-refractivity contribution in [3.8, 4) is 11.8 Å². The topological polar surface area (TPSA) is 61.4 Å². The molecule has 2 heterocycles. The summed E-state index contributed by atoms with van der Waals surface area (Å²) in [6, 6.07) is 12.2. The molecule has 1 aliphatic carbocycles. The number of anilines is 1. The first-order valence-corrected chi connectivity index (χ1v) is 14.1. The quantitative estimate of drug-likeness (QED) is 0.368. The summed E-state index contributed by atoms with van der Waals surface area (Å²) in [6.45, 7) is 3.22. The second kappa shape index (κ2) is 12.6. The summed E-state index contributed by atoms with van der Waals surface area (Å²) < 4.78 is 41.8. The van der Waals surface area contributed by atoms with Crippen LogP contribution < -0.4 is 5.32 Å². The minimum atomic E-state index is -4.55. The largest absolute Gasteiger partial charge is 0.416 e. The van der Waals surface area contributed by atoms with Crippen molar-refractivity contribution in [2.45, 2.75) is 38.4 Å². The highest BCUT2D eigenvalue weighted by Gasteiger charge is 2.34. The van der Waals surface area contributed by atoms with Crippen molar-refractivity contribution in [3.05, 3.63) is 87.2 Å². The van der Waals surface area contributed by atoms with Crippen LogP contribution in [0.2, 0.25) is 5.02 Å². The summed E-state index contributed by atoms with van der Waals surface area (Å²) in [5, 5.41) is 11.4. The molecule has 10 heteroatoms. The van der Waals surface area contributed by atoms with Gasteiger partial charge in [0.05, 0.1) is 16.3 Å². The number of hydrogen-bond donors (Lipinski definition) is 1. The molecule has 1 aliphatic heterocycles. The number of rotatable bonds is 6. The molecule has 1 saturated heterocycles. The molecule has 6 nitrogen and oxygen atoms in total. The zero-order valence-electron chi connectivity index (χ0n) is 22.8. The van der Waals surface area contributed by atoms with E-state index in [4.69, 9.17) is 11.6 Å². The maximum absolute atomic E-state index is 13.9. The number of piperazine rings is 1. The molecule has 0 spiro atoms. The summed E-state index contributed by atoms with van der Waals surface area (Å²) in [5.41, 5.74) is 1.53. The van der Waals surface area contributed by atoms with Crippen LogP contribution in [0.3, 0.4) is 0 Å². The fourth-order valence-corrected chi connectivity index (χ4v) is 5.09. The number of hydrogen-bond acceptors (Lipinski definition) is 5. The zero-order valence-corrected chi connectivity index (χ0v) is 23.5. The van der Waals surface area contributed by atoms with Crippen molar-refractivity contribution in [3.63, 3.8) is 0 Å². The van der Waals surface area contributed by atoms with Crippen LogP contribution in [0.1, 0.15) is 57.7 Å². The van der Waals surface area contributed by atoms with Gasteiger partial charge in [-0.15, -0.1) is 5.10 Å². The number of aromatic nitrogens is 2. The molecular weight excluding hydrogens is 551 g/mol. The second-order valence-corrected chi connectivity index (χ2v) is 11.2. The van der Waals surface area contributed by atoms with E-state index in [-0.39, 0.29) is 23.4 Å². The summed E-state index contributed by atoms with van der Waals surface area (Å²) in [6.07, 6.45) is 0.114. The Balaban J connectivity index is 1.28. The molecule has 41 heavy (non-hydrogen) atoms. The van der Waals surface area contributed by atoms with Crippen molar-refractivity contribution < 1.29 is 18.0 Å². The standard InChI is InChI=1S/C31H31ClF3N5O/c1-39-13-15-40(16-14-39)20-24-6-9-26(19-28(24)31(33,34)35)36-30(41)23-7-12-29(32)22(18-23)5-8-25-10-11-27(38-37-25)17-21-3-2-4-21/h6-7,9-12,18-19,21H,2-4,13-17,20H2,1H3,(H,36,41). The van der Waals surface area contributed by atoms with E-state index in [2.05, 4.69) is 32.3 Å². The molecule has 5 rings (SSSR count). The molecule has 1 N–H and O–H groups in total. The van der Waals surface area contributed by atoms with E-state index >= 15 is 0 Å². The lowest BCUT2D eigenvalue weighted by Gasteiger charge is -2.33. The third kappa shape index (κ3) is 7.64. The Morgan fingerprint density at radius 3 is 2.46 bits per heavy atom. The van der Waals surface area contributed by atoms with E-state index in [0.29, 0.717) is 35.3 Å². The molecule has 0 bridgehead atoms. The van der Waals surface area contributed by atoms with Crippen LogP contribution in [-0.2, 0) is 19.1 Å². The van der Waals surface area contributed by atoms with Gasteiger partial charge in [-0.25, -0.2) is 0 Å². The first kappa shape index (κ1) is 29.1. The lowest BCUT2D eigenvalue weighted by Crippen LogP contribution is -2.44. The molecule has 0 unspecified atom stereocenters. The van der Waals surface area contributed by atoms with Crippen molar-refractivity contribution in [1.82, 2.24) is 20.0 Å². The number of benzene rings is 2. The predicted molar refractivity (Wildman–Crippen MR) is 153 cm³/mol. The Morgan fingerprint density at radius 2 is 1.80 bits per heavy atom. The fraction of sp³-hybridized carbons (Fsp3) is 0.387. The van der Waals surface area contributed by atoms with Crippen LogP contribution in [0.4, 0.5) is 18.9 Å². The number of carbonyl (C=O) groups excluding carboxylic acids is 1. The zero-order chi connectivity index (χ0) is 29.0. The van der Waals surface area contributed by atoms with E-state index in [9.17, 15) is 18.0 Å². The van der Waals surface area contributed by atoms with Gasteiger partial charge < -0.3 is 10.2 Å². The van der Waals surface area contributed by atoms with Gasteiger partial charge in [0.2, 0.25) is 0 Å². The number of amides is 1. The number of nitrogens with zero attached hydrogens (tertiary/aromatic N) is 4. The van der Waals surface area contributed by atoms with Gasteiger partial charge in [-0.2, -0.15) is 18.3 Å². The monoisotopic (exact) mass is 581 g/mol. The number of alkyl halides is 3. The highest BCUT2D eigenvalue weighted by molar-refractivity contribution is 6.32. The van der Waals surface area contributed by atoms with E-state index in [1.54, 1.807) is 0 Å². The van der Waals surface area contributed by atoms with E-state index in [1.165, 1.54) is 49.6 Å². The lowest BCUT2D eigenvalue weighted by atomic mass is 9.82. The lowest BCUT2D eigenvalue weighted by molar-refractivity contribution is -0.138. The third-order valence-corrected chi connectivity index (χ3v) is 7.99. The molecule has 214 valence electrons. The van der Waals surface area contributed by atoms with E-state index < -0.39 is 17.6 Å². The Labute approximate surface area is 242 Å². The van der Waals surface area contributed by atoms with Gasteiger partial charge in [-0.1, -0.05) is 42.9 Å². The van der Waals surface area contributed by atoms with Crippen LogP contribution in [-0.4, -0.2) is 59.1 Å². The average Bonchev–Trinajstić information content (AvgIpc) is 2.92. The van der Waals surface area contributed by atoms with Gasteiger partial charge in [-0.05, 0) is 73.3 Å². The Kier molecular flexibility index (Phi) is 8.93. The normalized spacial score (nSPS) is 16.5. The van der Waals surface area contributed by atoms with E-state index in [0.717, 1.165) is 31.3 Å². The SMILES string of the molecule is CN1CCN(Cc2ccc(NC(=O)c3ccc(Cl)c(C#Cc4ccc(CC5CCC5)nn4)c3)cc2C(F)(F)F)CC1. The highest BCUT2D eigenvalue weighted by atomic mass is 35.5. The molecule has 1 aromatic heterocycles. The minimum absolute atomic E-state index is 0.0595. The maximum Gasteiger partial charge on any atom is 0.416 e. The first-order valence-electron chi connectivity index (χ1n) is 13.7. The predicted octanol–water partition coefficient (Wildman–Crippen LogP) is 5.89. The van der Waals surface area contributed by atoms with Crippen molar-refractivity contribution in [2.75, 3.05) is 38.5 Å². The van der Waals surface area contributed by atoms with Crippen LogP contribution in [0.15, 0.2) is 48.5 Å². The van der Waals surface area contributed by atoms with Crippen LogP contribution in [0.25, 0.3) is 0 Å². The second-order valence-electron chi connectivity index (χ2n) is 10.8. The number of nitrogens with one attached hydrogen (secondary N) is 1. The van der Waals surface area contributed by atoms with Crippen LogP contribution in [0, 0.1) is 17.8 Å². The molecule has 0 radical (unpaired) electrons. The summed E-state index contributed by atoms with van der Waals surface area (Å²) >= 11 is 6.31. The summed E-state index contributed by atoms with van der Waals surface area (Å²) in [5.74, 6) is 5.97. The highest BCUT2D eigenvalue weighted by Crippen LogP contribution is 2.35. The number of halogens is 4. The molecule has 0 atom stereocenters. The Bertz CT molecular complexity index is 1450. The van der Waals surface area contributed by atoms with Gasteiger partial charge >= 0.3 is 6.18 Å². The molecule has 3 aromatic rings. The van der Waals surface area contributed by atoms with E-state index in [1.807, 2.05) is 24.1 Å². The summed E-state index contributed by atoms with van der Waals surface area (Å²) in [7, 11) is 2.00. The van der Waals surface area contributed by atoms with Crippen molar-refractivity contribution in [1.29, 1.82) is 0 Å². The molecular formula is C31H31ClF3N5O. The van der Waals surface area contributed by atoms with Gasteiger partial charge in [0.15, 0.2) is 0 Å². The Hall–Kier alpha value is -3.45. The van der Waals surface area contributed by atoms with Crippen LogP contribution in [0.5, 0.6) is 0 Å². The minimum Gasteiger partial charge on any atom is -0.322 e. The molecule has 1 saturated carbocycles. The Morgan fingerprint density at radius 1 is 1.02 bits per heavy atom. The molecule has 1 amide bonds. The summed E-state index contributed by atoms with van der Waals surface area (Å²) in [4.78, 5) is 17.1. The molecule has 2 aromatic carbocycles. The van der Waals surface area contributed by atoms with Gasteiger partial charge in [0.25, 0.3) is 5.91 Å². The van der Waals surface area contributed by atoms with Gasteiger partial charge in [0.1, 0.15) is 5.69 Å². The maximum atomic E-state index is 13.9. The smallest absolute Gasteiger partial charge is 0.322 e. The van der Waals surface area contributed by atoms with Crippen molar-refractivity contribution in [2.24, 2.45) is 5.92 Å². The van der Waals surface area contributed by atoms with Crippen molar-refractivity contribution >= 4 is 23.2 Å². The van der Waals surface area contributed by atoms with Gasteiger partial charge in [0, 0.05) is 49.5 Å². The fourth-order valence-electron chi connectivity index (χ4n) is 4.93. The van der Waals surface area contributed by atoms with Gasteiger partial charge in [-0.3, -0.25) is 9.69 Å². The first-order chi connectivity index (χ1) is 19.6. The van der Waals surface area contributed by atoms with Crippen LogP contribution >= 0.6 is 11.6 Å². The molecule has 2 fully saturated rings. The third-order valence-electron chi connectivity index (χ3n) is 7.66. The number of likely N-dealkylation sites (N-methyl/N-ethyl adjacent to an activating group) is 1.